The molecule has 13 heavy (non-hydrogen) atoms. The van der Waals surface area contributed by atoms with Gasteiger partial charge in [0, 0.05) is 6.61 Å². The van der Waals surface area contributed by atoms with Gasteiger partial charge < -0.3 is 24.8 Å². The van der Waals surface area contributed by atoms with Gasteiger partial charge in [0.1, 0.15) is 12.2 Å². The van der Waals surface area contributed by atoms with Crippen LogP contribution in [0.15, 0.2) is 0 Å². The van der Waals surface area contributed by atoms with Gasteiger partial charge in [-0.2, -0.15) is 0 Å². The summed E-state index contributed by atoms with van der Waals surface area (Å²) in [6.45, 7) is 2.21. The van der Waals surface area contributed by atoms with Crippen molar-refractivity contribution in [2.24, 2.45) is 0 Å². The Labute approximate surface area is 77.9 Å². The highest BCUT2D eigenvalue weighted by molar-refractivity contribution is 4.57. The second-order valence-corrected chi connectivity index (χ2v) is 2.63. The highest BCUT2D eigenvalue weighted by Gasteiger charge is 2.10. The van der Waals surface area contributed by atoms with Gasteiger partial charge in [-0.25, -0.2) is 0 Å². The highest BCUT2D eigenvalue weighted by atomic mass is 16.5. The molecule has 0 radical (unpaired) electrons. The van der Waals surface area contributed by atoms with Crippen LogP contribution < -0.4 is 0 Å². The van der Waals surface area contributed by atoms with Gasteiger partial charge in [-0.15, -0.1) is 0 Å². The molecule has 0 spiro atoms. The van der Waals surface area contributed by atoms with Gasteiger partial charge >= 0.3 is 0 Å². The molecule has 2 unspecified atom stereocenters. The van der Waals surface area contributed by atoms with Crippen LogP contribution in [0.4, 0.5) is 0 Å². The first kappa shape index (κ1) is 12.8. The first-order chi connectivity index (χ1) is 6.24. The van der Waals surface area contributed by atoms with E-state index >= 15 is 0 Å². The standard InChI is InChI=1S/C8H18O5/c1-2-12-6-8(4-10)13-5-7(11)3-9/h7-11H,2-6H2,1H3. The quantitative estimate of drug-likeness (QED) is 0.450. The highest BCUT2D eigenvalue weighted by Crippen LogP contribution is 1.94. The lowest BCUT2D eigenvalue weighted by atomic mass is 10.3. The number of aliphatic hydroxyl groups excluding tert-OH is 3. The van der Waals surface area contributed by atoms with Crippen molar-refractivity contribution in [3.63, 3.8) is 0 Å². The van der Waals surface area contributed by atoms with Crippen molar-refractivity contribution >= 4 is 0 Å². The lowest BCUT2D eigenvalue weighted by Gasteiger charge is -2.16. The second kappa shape index (κ2) is 8.40. The summed E-state index contributed by atoms with van der Waals surface area (Å²) in [6.07, 6.45) is -1.32. The van der Waals surface area contributed by atoms with E-state index in [0.29, 0.717) is 13.2 Å². The van der Waals surface area contributed by atoms with E-state index in [1.165, 1.54) is 0 Å². The summed E-state index contributed by atoms with van der Waals surface area (Å²) >= 11 is 0. The van der Waals surface area contributed by atoms with Gasteiger partial charge in [-0.3, -0.25) is 0 Å². The van der Waals surface area contributed by atoms with Crippen LogP contribution in [0, 0.1) is 0 Å². The van der Waals surface area contributed by atoms with Crippen molar-refractivity contribution < 1.29 is 24.8 Å². The third-order valence-electron chi connectivity index (χ3n) is 1.45. The summed E-state index contributed by atoms with van der Waals surface area (Å²) in [5.74, 6) is 0. The number of ether oxygens (including phenoxy) is 2. The largest absolute Gasteiger partial charge is 0.394 e. The Bertz CT molecular complexity index is 109. The Morgan fingerprint density at radius 3 is 2.31 bits per heavy atom. The molecule has 0 aliphatic carbocycles. The van der Waals surface area contributed by atoms with E-state index in [0.717, 1.165) is 0 Å². The van der Waals surface area contributed by atoms with Crippen LogP contribution >= 0.6 is 0 Å². The molecule has 0 fully saturated rings. The van der Waals surface area contributed by atoms with Gasteiger partial charge in [0.25, 0.3) is 0 Å². The second-order valence-electron chi connectivity index (χ2n) is 2.63. The Hall–Kier alpha value is -0.200. The number of hydrogen-bond acceptors (Lipinski definition) is 5. The molecule has 0 rings (SSSR count). The van der Waals surface area contributed by atoms with E-state index in [9.17, 15) is 0 Å². The third kappa shape index (κ3) is 6.92. The fourth-order valence-corrected chi connectivity index (χ4v) is 0.703. The van der Waals surface area contributed by atoms with Crippen LogP contribution in [0.5, 0.6) is 0 Å². The van der Waals surface area contributed by atoms with Crippen LogP contribution in [0.3, 0.4) is 0 Å². The van der Waals surface area contributed by atoms with Gasteiger partial charge in [-0.05, 0) is 6.92 Å². The van der Waals surface area contributed by atoms with Crippen LogP contribution in [-0.4, -0.2) is 60.6 Å². The normalized spacial score (nSPS) is 15.7. The van der Waals surface area contributed by atoms with Gasteiger partial charge in [0.15, 0.2) is 0 Å². The molecule has 0 aliphatic heterocycles. The molecule has 0 saturated carbocycles. The fraction of sp³-hybridized carbons (Fsp3) is 1.00. The van der Waals surface area contributed by atoms with Crippen molar-refractivity contribution in [1.82, 2.24) is 0 Å². The zero-order valence-corrected chi connectivity index (χ0v) is 7.85. The molecule has 0 aromatic carbocycles. The lowest BCUT2D eigenvalue weighted by Crippen LogP contribution is -2.29. The summed E-state index contributed by atoms with van der Waals surface area (Å²) in [5.41, 5.74) is 0. The molecule has 0 heterocycles. The maximum atomic E-state index is 8.93. The smallest absolute Gasteiger partial charge is 0.104 e. The summed E-state index contributed by atoms with van der Waals surface area (Å²) in [4.78, 5) is 0. The summed E-state index contributed by atoms with van der Waals surface area (Å²) < 4.78 is 10.1. The van der Waals surface area contributed by atoms with E-state index in [-0.39, 0.29) is 19.8 Å². The minimum Gasteiger partial charge on any atom is -0.394 e. The molecule has 5 nitrogen and oxygen atoms in total. The molecule has 0 aliphatic rings. The molecular weight excluding hydrogens is 176 g/mol. The Morgan fingerprint density at radius 1 is 1.15 bits per heavy atom. The first-order valence-electron chi connectivity index (χ1n) is 4.33. The fourth-order valence-electron chi connectivity index (χ4n) is 0.703. The van der Waals surface area contributed by atoms with Crippen molar-refractivity contribution in [2.75, 3.05) is 33.0 Å². The Morgan fingerprint density at radius 2 is 1.85 bits per heavy atom. The Balaban J connectivity index is 3.46. The first-order valence-corrected chi connectivity index (χ1v) is 4.33. The van der Waals surface area contributed by atoms with Crippen LogP contribution in [0.25, 0.3) is 0 Å². The predicted molar refractivity (Wildman–Crippen MR) is 46.4 cm³/mol. The van der Waals surface area contributed by atoms with E-state index in [4.69, 9.17) is 24.8 Å². The van der Waals surface area contributed by atoms with Crippen molar-refractivity contribution in [3.05, 3.63) is 0 Å². The molecule has 80 valence electrons. The zero-order valence-electron chi connectivity index (χ0n) is 7.85. The third-order valence-corrected chi connectivity index (χ3v) is 1.45. The van der Waals surface area contributed by atoms with Crippen molar-refractivity contribution in [3.8, 4) is 0 Å². The van der Waals surface area contributed by atoms with Gasteiger partial charge in [0.05, 0.1) is 26.4 Å². The summed E-state index contributed by atoms with van der Waals surface area (Å²) in [7, 11) is 0. The molecule has 2 atom stereocenters. The number of rotatable bonds is 8. The van der Waals surface area contributed by atoms with Crippen LogP contribution in [0.1, 0.15) is 6.92 Å². The summed E-state index contributed by atoms with van der Waals surface area (Å²) in [5, 5.41) is 26.2. The minimum atomic E-state index is -0.893. The van der Waals surface area contributed by atoms with Gasteiger partial charge in [-0.1, -0.05) is 0 Å². The lowest BCUT2D eigenvalue weighted by molar-refractivity contribution is -0.0749. The molecule has 3 N–H and O–H groups in total. The zero-order chi connectivity index (χ0) is 10.1. The molecule has 0 aromatic heterocycles. The van der Waals surface area contributed by atoms with Crippen LogP contribution in [0.2, 0.25) is 0 Å². The topological polar surface area (TPSA) is 79.2 Å². The molecular formula is C8H18O5. The molecule has 5 heteroatoms. The van der Waals surface area contributed by atoms with E-state index in [2.05, 4.69) is 0 Å². The number of aliphatic hydroxyl groups is 3. The van der Waals surface area contributed by atoms with Crippen molar-refractivity contribution in [2.45, 2.75) is 19.1 Å². The van der Waals surface area contributed by atoms with Crippen molar-refractivity contribution in [1.29, 1.82) is 0 Å². The Kier molecular flexibility index (Phi) is 8.27. The molecule has 0 bridgehead atoms. The van der Waals surface area contributed by atoms with E-state index in [1.807, 2.05) is 6.92 Å². The average molecular weight is 194 g/mol. The maximum absolute atomic E-state index is 8.93. The predicted octanol–water partition coefficient (Wildman–Crippen LogP) is -1.25. The minimum absolute atomic E-state index is 0.00873. The maximum Gasteiger partial charge on any atom is 0.104 e. The van der Waals surface area contributed by atoms with E-state index in [1.54, 1.807) is 0 Å². The molecule has 0 aromatic rings. The number of hydrogen-bond donors (Lipinski definition) is 3. The molecule has 0 amide bonds. The van der Waals surface area contributed by atoms with E-state index < -0.39 is 12.2 Å². The summed E-state index contributed by atoms with van der Waals surface area (Å²) in [6, 6.07) is 0. The average Bonchev–Trinajstić information content (AvgIpc) is 2.17. The molecule has 0 saturated heterocycles. The van der Waals surface area contributed by atoms with Gasteiger partial charge in [0.2, 0.25) is 0 Å². The monoisotopic (exact) mass is 194 g/mol. The SMILES string of the molecule is CCOCC(CO)OCC(O)CO. The van der Waals surface area contributed by atoms with Crippen LogP contribution in [-0.2, 0) is 9.47 Å².